The highest BCUT2D eigenvalue weighted by Gasteiger charge is 2.33. The first-order valence-corrected chi connectivity index (χ1v) is 8.23. The van der Waals surface area contributed by atoms with E-state index in [1.165, 1.54) is 6.08 Å². The van der Waals surface area contributed by atoms with Crippen molar-refractivity contribution in [2.45, 2.75) is 37.6 Å². The van der Waals surface area contributed by atoms with E-state index >= 15 is 0 Å². The number of ether oxygens (including phenoxy) is 1. The smallest absolute Gasteiger partial charge is 0.331 e. The normalized spacial score (nSPS) is 16.3. The van der Waals surface area contributed by atoms with Crippen molar-refractivity contribution < 1.29 is 14.3 Å². The average molecular weight is 347 g/mol. The van der Waals surface area contributed by atoms with E-state index in [1.54, 1.807) is 30.3 Å². The van der Waals surface area contributed by atoms with Crippen LogP contribution in [0.5, 0.6) is 0 Å². The molecule has 0 bridgehead atoms. The van der Waals surface area contributed by atoms with E-state index in [2.05, 4.69) is 11.4 Å². The summed E-state index contributed by atoms with van der Waals surface area (Å²) in [5.74, 6) is -1.08. The van der Waals surface area contributed by atoms with Gasteiger partial charge in [-0.2, -0.15) is 5.26 Å². The van der Waals surface area contributed by atoms with E-state index < -0.39 is 24.0 Å². The van der Waals surface area contributed by atoms with E-state index in [0.29, 0.717) is 17.9 Å². The van der Waals surface area contributed by atoms with Crippen LogP contribution in [0.3, 0.4) is 0 Å². The van der Waals surface area contributed by atoms with Gasteiger partial charge < -0.3 is 10.1 Å². The van der Waals surface area contributed by atoms with Gasteiger partial charge in [0.15, 0.2) is 6.61 Å². The van der Waals surface area contributed by atoms with Crippen LogP contribution in [0.25, 0.3) is 6.08 Å². The molecule has 0 spiro atoms. The van der Waals surface area contributed by atoms with Gasteiger partial charge in [0, 0.05) is 11.1 Å². The Hall–Kier alpha value is -2.32. The second-order valence-electron chi connectivity index (χ2n) is 5.80. The van der Waals surface area contributed by atoms with Crippen LogP contribution in [0.15, 0.2) is 30.3 Å². The number of nitriles is 1. The highest BCUT2D eigenvalue weighted by molar-refractivity contribution is 6.30. The van der Waals surface area contributed by atoms with Crippen LogP contribution in [0.2, 0.25) is 5.02 Å². The monoisotopic (exact) mass is 346 g/mol. The molecule has 1 fully saturated rings. The molecule has 1 saturated carbocycles. The van der Waals surface area contributed by atoms with E-state index in [9.17, 15) is 14.9 Å². The van der Waals surface area contributed by atoms with Crippen LogP contribution in [-0.2, 0) is 14.3 Å². The first-order valence-electron chi connectivity index (χ1n) is 7.86. The third-order valence-corrected chi connectivity index (χ3v) is 4.14. The van der Waals surface area contributed by atoms with Gasteiger partial charge in [-0.3, -0.25) is 4.79 Å². The van der Waals surface area contributed by atoms with E-state index in [-0.39, 0.29) is 0 Å². The van der Waals surface area contributed by atoms with Gasteiger partial charge in [0.25, 0.3) is 5.91 Å². The fourth-order valence-corrected chi connectivity index (χ4v) is 2.88. The van der Waals surface area contributed by atoms with Crippen molar-refractivity contribution in [3.05, 3.63) is 40.9 Å². The van der Waals surface area contributed by atoms with Crippen LogP contribution >= 0.6 is 11.6 Å². The number of benzene rings is 1. The lowest BCUT2D eigenvalue weighted by molar-refractivity contribution is -0.144. The molecule has 1 aromatic rings. The molecule has 6 heteroatoms. The average Bonchev–Trinajstić information content (AvgIpc) is 2.59. The van der Waals surface area contributed by atoms with Crippen molar-refractivity contribution in [2.75, 3.05) is 6.61 Å². The minimum Gasteiger partial charge on any atom is -0.452 e. The number of esters is 1. The lowest BCUT2D eigenvalue weighted by Crippen LogP contribution is -2.49. The Balaban J connectivity index is 1.81. The summed E-state index contributed by atoms with van der Waals surface area (Å²) in [6.07, 6.45) is 6.97. The molecule has 0 saturated heterocycles. The zero-order valence-corrected chi connectivity index (χ0v) is 14.0. The van der Waals surface area contributed by atoms with Crippen molar-refractivity contribution >= 4 is 29.6 Å². The minimum atomic E-state index is -0.821. The number of carbonyl (C=O) groups excluding carboxylic acids is 2. The molecule has 2 rings (SSSR count). The largest absolute Gasteiger partial charge is 0.452 e. The molecule has 0 radical (unpaired) electrons. The minimum absolute atomic E-state index is 0.401. The first kappa shape index (κ1) is 18.0. The Bertz CT molecular complexity index is 673. The third-order valence-electron chi connectivity index (χ3n) is 3.91. The lowest BCUT2D eigenvalue weighted by atomic mass is 9.83. The van der Waals surface area contributed by atoms with Crippen molar-refractivity contribution in [2.24, 2.45) is 0 Å². The van der Waals surface area contributed by atoms with E-state index in [0.717, 1.165) is 24.8 Å². The summed E-state index contributed by atoms with van der Waals surface area (Å²) in [6.45, 7) is -0.401. The molecule has 1 aliphatic rings. The van der Waals surface area contributed by atoms with E-state index in [1.807, 2.05) is 0 Å². The second-order valence-corrected chi connectivity index (χ2v) is 6.24. The van der Waals surface area contributed by atoms with Crippen LogP contribution < -0.4 is 5.32 Å². The molecule has 1 aliphatic carbocycles. The molecule has 0 unspecified atom stereocenters. The molecule has 5 nitrogen and oxygen atoms in total. The third kappa shape index (κ3) is 5.39. The summed E-state index contributed by atoms with van der Waals surface area (Å²) in [7, 11) is 0. The zero-order chi connectivity index (χ0) is 17.4. The van der Waals surface area contributed by atoms with Crippen molar-refractivity contribution in [1.29, 1.82) is 5.26 Å². The fraction of sp³-hybridized carbons (Fsp3) is 0.389. The summed E-state index contributed by atoms with van der Waals surface area (Å²) >= 11 is 5.85. The molecule has 126 valence electrons. The molecule has 0 atom stereocenters. The molecule has 0 aliphatic heterocycles. The zero-order valence-electron chi connectivity index (χ0n) is 13.3. The number of halogens is 1. The Morgan fingerprint density at radius 3 is 2.75 bits per heavy atom. The number of hydrogen-bond acceptors (Lipinski definition) is 4. The summed E-state index contributed by atoms with van der Waals surface area (Å²) < 4.78 is 4.91. The van der Waals surface area contributed by atoms with Crippen LogP contribution in [-0.4, -0.2) is 24.0 Å². The Labute approximate surface area is 146 Å². The molecule has 24 heavy (non-hydrogen) atoms. The molecular formula is C18H19ClN2O3. The number of rotatable bonds is 5. The highest BCUT2D eigenvalue weighted by atomic mass is 35.5. The van der Waals surface area contributed by atoms with Gasteiger partial charge in [-0.15, -0.1) is 0 Å². The van der Waals surface area contributed by atoms with Crippen LogP contribution in [0.1, 0.15) is 37.7 Å². The predicted octanol–water partition coefficient (Wildman–Crippen LogP) is 3.24. The maximum Gasteiger partial charge on any atom is 0.331 e. The van der Waals surface area contributed by atoms with Gasteiger partial charge in [0.05, 0.1) is 6.07 Å². The molecule has 1 aromatic carbocycles. The van der Waals surface area contributed by atoms with Crippen LogP contribution in [0.4, 0.5) is 0 Å². The van der Waals surface area contributed by atoms with Crippen molar-refractivity contribution in [3.63, 3.8) is 0 Å². The summed E-state index contributed by atoms with van der Waals surface area (Å²) in [4.78, 5) is 23.6. The summed E-state index contributed by atoms with van der Waals surface area (Å²) in [5, 5.41) is 12.6. The van der Waals surface area contributed by atoms with Gasteiger partial charge in [0.2, 0.25) is 0 Å². The SMILES string of the molecule is N#CC1(NC(=O)COC(=O)/C=C/c2cccc(Cl)c2)CCCCC1. The van der Waals surface area contributed by atoms with Crippen molar-refractivity contribution in [1.82, 2.24) is 5.32 Å². The number of hydrogen-bond donors (Lipinski definition) is 1. The molecule has 0 aromatic heterocycles. The number of nitrogens with one attached hydrogen (secondary N) is 1. The lowest BCUT2D eigenvalue weighted by Gasteiger charge is -2.31. The second kappa shape index (κ2) is 8.51. The first-order chi connectivity index (χ1) is 11.5. The maximum atomic E-state index is 11.9. The van der Waals surface area contributed by atoms with Gasteiger partial charge in [-0.25, -0.2) is 4.79 Å². The van der Waals surface area contributed by atoms with Gasteiger partial charge >= 0.3 is 5.97 Å². The van der Waals surface area contributed by atoms with Crippen LogP contribution in [0, 0.1) is 11.3 Å². The summed E-state index contributed by atoms with van der Waals surface area (Å²) in [6, 6.07) is 9.19. The number of amides is 1. The number of nitrogens with zero attached hydrogens (tertiary/aromatic N) is 1. The maximum absolute atomic E-state index is 11.9. The van der Waals surface area contributed by atoms with E-state index in [4.69, 9.17) is 16.3 Å². The Morgan fingerprint density at radius 2 is 2.08 bits per heavy atom. The predicted molar refractivity (Wildman–Crippen MR) is 91.0 cm³/mol. The molecule has 1 amide bonds. The summed E-state index contributed by atoms with van der Waals surface area (Å²) in [5.41, 5.74) is -0.0622. The fourth-order valence-electron chi connectivity index (χ4n) is 2.68. The standard InChI is InChI=1S/C18H19ClN2O3/c19-15-6-4-5-14(11-15)7-8-17(23)24-12-16(22)21-18(13-20)9-2-1-3-10-18/h4-8,11H,1-3,9-10,12H2,(H,21,22)/b8-7+. The van der Waals surface area contributed by atoms with Crippen molar-refractivity contribution in [3.8, 4) is 6.07 Å². The topological polar surface area (TPSA) is 79.2 Å². The highest BCUT2D eigenvalue weighted by Crippen LogP contribution is 2.27. The Morgan fingerprint density at radius 1 is 1.33 bits per heavy atom. The van der Waals surface area contributed by atoms with Gasteiger partial charge in [0.1, 0.15) is 5.54 Å². The molecular weight excluding hydrogens is 328 g/mol. The number of carbonyl (C=O) groups is 2. The molecule has 0 heterocycles. The van der Waals surface area contributed by atoms with Gasteiger partial charge in [-0.1, -0.05) is 43.0 Å². The molecule has 1 N–H and O–H groups in total. The quantitative estimate of drug-likeness (QED) is 0.655. The van der Waals surface area contributed by atoms with Gasteiger partial charge in [-0.05, 0) is 36.6 Å². The Kier molecular flexibility index (Phi) is 6.39.